The molecule has 19 heavy (non-hydrogen) atoms. The van der Waals surface area contributed by atoms with Gasteiger partial charge in [-0.2, -0.15) is 0 Å². The molecule has 2 aromatic rings. The van der Waals surface area contributed by atoms with Crippen molar-refractivity contribution in [3.63, 3.8) is 0 Å². The van der Waals surface area contributed by atoms with Crippen molar-refractivity contribution in [1.82, 2.24) is 4.98 Å². The quantitative estimate of drug-likeness (QED) is 0.674. The van der Waals surface area contributed by atoms with E-state index in [9.17, 15) is 15.2 Å². The average Bonchev–Trinajstić information content (AvgIpc) is 2.39. The Labute approximate surface area is 109 Å². The second-order valence-corrected chi connectivity index (χ2v) is 3.96. The van der Waals surface area contributed by atoms with Crippen LogP contribution >= 0.6 is 0 Å². The molecular weight excluding hydrogens is 248 g/mol. The average molecular weight is 260 g/mol. The topological polar surface area (TPSA) is 85.5 Å². The molecule has 2 rings (SSSR count). The molecular formula is C13H12N2O4. The molecule has 0 amide bonds. The molecule has 0 aliphatic carbocycles. The molecule has 0 saturated heterocycles. The molecule has 6 nitrogen and oxygen atoms in total. The fourth-order valence-corrected chi connectivity index (χ4v) is 1.52. The van der Waals surface area contributed by atoms with Crippen LogP contribution in [0.5, 0.6) is 11.6 Å². The Kier molecular flexibility index (Phi) is 3.72. The number of benzene rings is 1. The number of aromatic nitrogens is 1. The summed E-state index contributed by atoms with van der Waals surface area (Å²) in [6.45, 7) is 1.63. The third-order valence-electron chi connectivity index (χ3n) is 2.49. The van der Waals surface area contributed by atoms with Gasteiger partial charge in [-0.3, -0.25) is 10.1 Å². The van der Waals surface area contributed by atoms with Gasteiger partial charge >= 0.3 is 0 Å². The van der Waals surface area contributed by atoms with E-state index in [1.807, 2.05) is 0 Å². The van der Waals surface area contributed by atoms with Gasteiger partial charge in [-0.1, -0.05) is 6.07 Å². The Morgan fingerprint density at radius 3 is 2.84 bits per heavy atom. The number of aliphatic hydroxyl groups is 1. The second-order valence-electron chi connectivity index (χ2n) is 3.96. The number of aliphatic hydroxyl groups excluding tert-OH is 1. The fraction of sp³-hybridized carbons (Fsp3) is 0.154. The lowest BCUT2D eigenvalue weighted by Crippen LogP contribution is -1.94. The predicted octanol–water partition coefficient (Wildman–Crippen LogP) is 2.84. The van der Waals surface area contributed by atoms with Crippen LogP contribution in [0.4, 0.5) is 5.69 Å². The van der Waals surface area contributed by atoms with Crippen LogP contribution in [0.15, 0.2) is 42.6 Å². The van der Waals surface area contributed by atoms with Gasteiger partial charge < -0.3 is 9.84 Å². The number of rotatable bonds is 4. The van der Waals surface area contributed by atoms with Crippen molar-refractivity contribution >= 4 is 5.69 Å². The van der Waals surface area contributed by atoms with Crippen LogP contribution in [-0.2, 0) is 0 Å². The smallest absolute Gasteiger partial charge is 0.273 e. The van der Waals surface area contributed by atoms with Gasteiger partial charge in [-0.25, -0.2) is 4.98 Å². The van der Waals surface area contributed by atoms with Crippen LogP contribution in [0, 0.1) is 10.1 Å². The van der Waals surface area contributed by atoms with Crippen LogP contribution in [0.3, 0.4) is 0 Å². The summed E-state index contributed by atoms with van der Waals surface area (Å²) in [6, 6.07) is 9.09. The summed E-state index contributed by atoms with van der Waals surface area (Å²) in [7, 11) is 0. The minimum atomic E-state index is -0.629. The van der Waals surface area contributed by atoms with Crippen LogP contribution in [0.1, 0.15) is 18.6 Å². The van der Waals surface area contributed by atoms with Crippen LogP contribution in [0.25, 0.3) is 0 Å². The highest BCUT2D eigenvalue weighted by Gasteiger charge is 2.08. The van der Waals surface area contributed by atoms with Gasteiger partial charge in [0.15, 0.2) is 0 Å². The zero-order chi connectivity index (χ0) is 13.8. The lowest BCUT2D eigenvalue weighted by atomic mass is 10.2. The Hall–Kier alpha value is -2.47. The Balaban J connectivity index is 2.23. The molecule has 1 aromatic carbocycles. The summed E-state index contributed by atoms with van der Waals surface area (Å²) >= 11 is 0. The summed E-state index contributed by atoms with van der Waals surface area (Å²) in [5, 5.41) is 20.1. The zero-order valence-corrected chi connectivity index (χ0v) is 10.2. The maximum Gasteiger partial charge on any atom is 0.273 e. The monoisotopic (exact) mass is 260 g/mol. The van der Waals surface area contributed by atoms with Crippen molar-refractivity contribution in [2.45, 2.75) is 13.0 Å². The standard InChI is InChI=1S/C13H12N2O4/c1-9(16)10-5-6-14-13(7-10)19-12-4-2-3-11(8-12)15(17)18/h2-9,16H,1H3/t9-/m1/s1. The maximum absolute atomic E-state index is 10.7. The molecule has 1 heterocycles. The molecule has 1 aromatic heterocycles. The first kappa shape index (κ1) is 13.0. The number of pyridine rings is 1. The molecule has 0 aliphatic rings. The molecule has 1 N–H and O–H groups in total. The Morgan fingerprint density at radius 1 is 1.37 bits per heavy atom. The number of nitro benzene ring substituents is 1. The third-order valence-corrected chi connectivity index (χ3v) is 2.49. The first-order valence-corrected chi connectivity index (χ1v) is 5.62. The first-order valence-electron chi connectivity index (χ1n) is 5.62. The van der Waals surface area contributed by atoms with E-state index in [0.29, 0.717) is 11.3 Å². The molecule has 0 saturated carbocycles. The molecule has 0 radical (unpaired) electrons. The normalized spacial score (nSPS) is 11.9. The Bertz CT molecular complexity index is 599. The van der Waals surface area contributed by atoms with Gasteiger partial charge in [-0.05, 0) is 24.6 Å². The summed E-state index contributed by atoms with van der Waals surface area (Å²) in [5.74, 6) is 0.600. The highest BCUT2D eigenvalue weighted by atomic mass is 16.6. The molecule has 0 fully saturated rings. The number of nitrogens with zero attached hydrogens (tertiary/aromatic N) is 2. The van der Waals surface area contributed by atoms with E-state index in [4.69, 9.17) is 4.74 Å². The highest BCUT2D eigenvalue weighted by Crippen LogP contribution is 2.25. The van der Waals surface area contributed by atoms with Crippen molar-refractivity contribution < 1.29 is 14.8 Å². The van der Waals surface area contributed by atoms with Gasteiger partial charge in [-0.15, -0.1) is 0 Å². The lowest BCUT2D eigenvalue weighted by Gasteiger charge is -2.08. The van der Waals surface area contributed by atoms with E-state index < -0.39 is 11.0 Å². The molecule has 98 valence electrons. The van der Waals surface area contributed by atoms with E-state index in [0.717, 1.165) is 0 Å². The first-order chi connectivity index (χ1) is 9.06. The number of hydrogen-bond donors (Lipinski definition) is 1. The minimum Gasteiger partial charge on any atom is -0.439 e. The highest BCUT2D eigenvalue weighted by molar-refractivity contribution is 5.39. The summed E-state index contributed by atoms with van der Waals surface area (Å²) in [6.07, 6.45) is 0.879. The third kappa shape index (κ3) is 3.26. The van der Waals surface area contributed by atoms with Crippen molar-refractivity contribution in [2.24, 2.45) is 0 Å². The van der Waals surface area contributed by atoms with Gasteiger partial charge in [0.05, 0.1) is 17.1 Å². The lowest BCUT2D eigenvalue weighted by molar-refractivity contribution is -0.384. The molecule has 0 spiro atoms. The number of non-ortho nitro benzene ring substituents is 1. The maximum atomic E-state index is 10.7. The molecule has 0 aliphatic heterocycles. The van der Waals surface area contributed by atoms with E-state index in [-0.39, 0.29) is 11.6 Å². The number of nitro groups is 1. The number of ether oxygens (including phenoxy) is 1. The fourth-order valence-electron chi connectivity index (χ4n) is 1.52. The van der Waals surface area contributed by atoms with Crippen LogP contribution in [-0.4, -0.2) is 15.0 Å². The number of hydrogen-bond acceptors (Lipinski definition) is 5. The van der Waals surface area contributed by atoms with Crippen LogP contribution < -0.4 is 4.74 Å². The minimum absolute atomic E-state index is 0.0517. The van der Waals surface area contributed by atoms with Gasteiger partial charge in [0, 0.05) is 18.3 Å². The summed E-state index contributed by atoms with van der Waals surface area (Å²) in [5.41, 5.74) is 0.611. The van der Waals surface area contributed by atoms with Gasteiger partial charge in [0.2, 0.25) is 5.88 Å². The van der Waals surface area contributed by atoms with E-state index in [2.05, 4.69) is 4.98 Å². The molecule has 1 atom stereocenters. The zero-order valence-electron chi connectivity index (χ0n) is 10.2. The van der Waals surface area contributed by atoms with Crippen molar-refractivity contribution in [3.05, 3.63) is 58.3 Å². The summed E-state index contributed by atoms with van der Waals surface area (Å²) in [4.78, 5) is 14.1. The second kappa shape index (κ2) is 5.45. The van der Waals surface area contributed by atoms with Gasteiger partial charge in [0.25, 0.3) is 5.69 Å². The molecule has 0 bridgehead atoms. The van der Waals surface area contributed by atoms with Crippen molar-refractivity contribution in [1.29, 1.82) is 0 Å². The van der Waals surface area contributed by atoms with Crippen molar-refractivity contribution in [2.75, 3.05) is 0 Å². The molecule has 6 heteroatoms. The Morgan fingerprint density at radius 2 is 2.16 bits per heavy atom. The summed E-state index contributed by atoms with van der Waals surface area (Å²) < 4.78 is 5.43. The predicted molar refractivity (Wildman–Crippen MR) is 68.0 cm³/mol. The van der Waals surface area contributed by atoms with Gasteiger partial charge in [0.1, 0.15) is 5.75 Å². The van der Waals surface area contributed by atoms with E-state index in [1.165, 1.54) is 24.4 Å². The largest absolute Gasteiger partial charge is 0.439 e. The molecule has 0 unspecified atom stereocenters. The SMILES string of the molecule is C[C@@H](O)c1ccnc(Oc2cccc([N+](=O)[O-])c2)c1. The van der Waals surface area contributed by atoms with E-state index >= 15 is 0 Å². The van der Waals surface area contributed by atoms with Crippen molar-refractivity contribution in [3.8, 4) is 11.6 Å². The van der Waals surface area contributed by atoms with Crippen LogP contribution in [0.2, 0.25) is 0 Å². The van der Waals surface area contributed by atoms with E-state index in [1.54, 1.807) is 25.1 Å².